The second-order valence-electron chi connectivity index (χ2n) is 6.44. The number of rotatable bonds is 13. The van der Waals surface area contributed by atoms with E-state index in [1.165, 1.54) is 13.8 Å². The summed E-state index contributed by atoms with van der Waals surface area (Å²) in [6.07, 6.45) is -0.0184. The van der Waals surface area contributed by atoms with Gasteiger partial charge in [0.2, 0.25) is 17.7 Å². The smallest absolute Gasteiger partial charge is 0.328 e. The van der Waals surface area contributed by atoms with Crippen LogP contribution >= 0.6 is 0 Å². The highest BCUT2D eigenvalue weighted by Gasteiger charge is 2.32. The van der Waals surface area contributed by atoms with Gasteiger partial charge in [-0.25, -0.2) is 4.79 Å². The van der Waals surface area contributed by atoms with E-state index in [9.17, 15) is 24.3 Å². The van der Waals surface area contributed by atoms with Crippen LogP contribution in [0.2, 0.25) is 0 Å². The first-order chi connectivity index (χ1) is 13.0. The van der Waals surface area contributed by atoms with Crippen LogP contribution in [0.5, 0.6) is 0 Å². The summed E-state index contributed by atoms with van der Waals surface area (Å²) in [4.78, 5) is 47.5. The highest BCUT2D eigenvalue weighted by Crippen LogP contribution is 2.04. The molecule has 3 amide bonds. The Kier molecular flexibility index (Phi) is 11.9. The van der Waals surface area contributed by atoms with Gasteiger partial charge < -0.3 is 42.7 Å². The molecule has 0 saturated carbocycles. The van der Waals surface area contributed by atoms with E-state index in [-0.39, 0.29) is 6.42 Å². The number of carboxylic acid groups (broad SMARTS) is 1. The highest BCUT2D eigenvalue weighted by atomic mass is 16.4. The molecule has 5 atom stereocenters. The molecule has 0 saturated heterocycles. The second-order valence-corrected chi connectivity index (χ2v) is 6.44. The average Bonchev–Trinajstić information content (AvgIpc) is 2.62. The molecule has 12 nitrogen and oxygen atoms in total. The number of aliphatic carboxylic acids is 1. The summed E-state index contributed by atoms with van der Waals surface area (Å²) in [7, 11) is 0. The molecule has 12 heteroatoms. The van der Waals surface area contributed by atoms with Crippen LogP contribution in [0.3, 0.4) is 0 Å². The van der Waals surface area contributed by atoms with Gasteiger partial charge in [0, 0.05) is 0 Å². The maximum atomic E-state index is 12.5. The molecule has 0 aromatic carbocycles. The van der Waals surface area contributed by atoms with Gasteiger partial charge in [0.25, 0.3) is 0 Å². The standard InChI is InChI=1S/C16H31N5O7/c1-8(18)13(24)19-10(5-3-4-6-17)14(25)21-12(9(2)23)15(26)20-11(7-22)16(27)28/h8-12,22-23H,3-7,17-18H2,1-2H3,(H,19,24)(H,20,26)(H,21,25)(H,27,28). The molecule has 0 radical (unpaired) electrons. The van der Waals surface area contributed by atoms with Crippen LogP contribution < -0.4 is 27.4 Å². The molecule has 0 aromatic heterocycles. The Morgan fingerprint density at radius 2 is 1.50 bits per heavy atom. The lowest BCUT2D eigenvalue weighted by molar-refractivity contribution is -0.144. The molecule has 0 aromatic rings. The van der Waals surface area contributed by atoms with E-state index in [1.54, 1.807) is 0 Å². The third-order valence-corrected chi connectivity index (χ3v) is 3.85. The van der Waals surface area contributed by atoms with Crippen LogP contribution in [-0.2, 0) is 19.2 Å². The van der Waals surface area contributed by atoms with Gasteiger partial charge in [-0.1, -0.05) is 0 Å². The lowest BCUT2D eigenvalue weighted by atomic mass is 10.1. The molecule has 0 spiro atoms. The molecule has 0 aliphatic carbocycles. The molecular weight excluding hydrogens is 374 g/mol. The van der Waals surface area contributed by atoms with Gasteiger partial charge in [-0.05, 0) is 39.7 Å². The minimum absolute atomic E-state index is 0.226. The van der Waals surface area contributed by atoms with Gasteiger partial charge in [-0.15, -0.1) is 0 Å². The lowest BCUT2D eigenvalue weighted by Crippen LogP contribution is -2.60. The SMILES string of the molecule is CC(N)C(=O)NC(CCCCN)C(=O)NC(C(=O)NC(CO)C(=O)O)C(C)O. The Bertz CT molecular complexity index is 541. The number of hydrogen-bond donors (Lipinski definition) is 8. The van der Waals surface area contributed by atoms with Crippen molar-refractivity contribution in [2.24, 2.45) is 11.5 Å². The van der Waals surface area contributed by atoms with E-state index in [2.05, 4.69) is 10.6 Å². The molecule has 10 N–H and O–H groups in total. The van der Waals surface area contributed by atoms with Crippen molar-refractivity contribution in [3.05, 3.63) is 0 Å². The number of aliphatic hydroxyl groups is 2. The van der Waals surface area contributed by atoms with E-state index in [4.69, 9.17) is 21.7 Å². The number of hydrogen-bond acceptors (Lipinski definition) is 8. The zero-order valence-electron chi connectivity index (χ0n) is 16.1. The predicted octanol–water partition coefficient (Wildman–Crippen LogP) is -3.63. The van der Waals surface area contributed by atoms with Crippen LogP contribution in [0.4, 0.5) is 0 Å². The Balaban J connectivity index is 5.22. The summed E-state index contributed by atoms with van der Waals surface area (Å²) in [5.74, 6) is -3.79. The number of carbonyl (C=O) groups excluding carboxylic acids is 3. The summed E-state index contributed by atoms with van der Waals surface area (Å²) in [5.41, 5.74) is 10.9. The normalized spacial score (nSPS) is 16.2. The number of carbonyl (C=O) groups is 4. The molecule has 162 valence electrons. The van der Waals surface area contributed by atoms with Gasteiger partial charge >= 0.3 is 5.97 Å². The molecule has 0 rings (SSSR count). The summed E-state index contributed by atoms with van der Waals surface area (Å²) in [6.45, 7) is 2.19. The Morgan fingerprint density at radius 1 is 0.929 bits per heavy atom. The number of nitrogens with one attached hydrogen (secondary N) is 3. The van der Waals surface area contributed by atoms with E-state index < -0.39 is 60.6 Å². The summed E-state index contributed by atoms with van der Waals surface area (Å²) in [6, 6.07) is -4.97. The van der Waals surface area contributed by atoms with Crippen LogP contribution in [0, 0.1) is 0 Å². The maximum absolute atomic E-state index is 12.5. The van der Waals surface area contributed by atoms with Crippen molar-refractivity contribution in [1.29, 1.82) is 0 Å². The summed E-state index contributed by atoms with van der Waals surface area (Å²) >= 11 is 0. The fraction of sp³-hybridized carbons (Fsp3) is 0.750. The zero-order valence-corrected chi connectivity index (χ0v) is 16.1. The quantitative estimate of drug-likeness (QED) is 0.142. The molecule has 0 bridgehead atoms. The topological polar surface area (TPSA) is 217 Å². The summed E-state index contributed by atoms with van der Waals surface area (Å²) < 4.78 is 0. The van der Waals surface area contributed by atoms with Crippen molar-refractivity contribution < 1.29 is 34.5 Å². The molecule has 5 unspecified atom stereocenters. The monoisotopic (exact) mass is 405 g/mol. The minimum Gasteiger partial charge on any atom is -0.480 e. The third-order valence-electron chi connectivity index (χ3n) is 3.85. The van der Waals surface area contributed by atoms with Gasteiger partial charge in [0.05, 0.1) is 18.8 Å². The van der Waals surface area contributed by atoms with Gasteiger partial charge in [0.15, 0.2) is 0 Å². The lowest BCUT2D eigenvalue weighted by Gasteiger charge is -2.26. The minimum atomic E-state index is -1.59. The van der Waals surface area contributed by atoms with E-state index >= 15 is 0 Å². The average molecular weight is 405 g/mol. The van der Waals surface area contributed by atoms with Crippen LogP contribution in [-0.4, -0.2) is 82.4 Å². The second kappa shape index (κ2) is 13.0. The first-order valence-electron chi connectivity index (χ1n) is 8.93. The highest BCUT2D eigenvalue weighted by molar-refractivity contribution is 5.94. The molecular formula is C16H31N5O7. The van der Waals surface area contributed by atoms with Gasteiger partial charge in [-0.2, -0.15) is 0 Å². The number of aliphatic hydroxyl groups excluding tert-OH is 2. The molecule has 0 fully saturated rings. The van der Waals surface area contributed by atoms with Crippen LogP contribution in [0.15, 0.2) is 0 Å². The molecule has 28 heavy (non-hydrogen) atoms. The van der Waals surface area contributed by atoms with Crippen molar-refractivity contribution >= 4 is 23.7 Å². The Labute approximate surface area is 163 Å². The van der Waals surface area contributed by atoms with E-state index in [0.29, 0.717) is 19.4 Å². The third kappa shape index (κ3) is 9.08. The van der Waals surface area contributed by atoms with Crippen molar-refractivity contribution in [2.75, 3.05) is 13.2 Å². The van der Waals surface area contributed by atoms with E-state index in [0.717, 1.165) is 0 Å². The summed E-state index contributed by atoms with van der Waals surface area (Å²) in [5, 5.41) is 34.5. The first kappa shape index (κ1) is 25.7. The van der Waals surface area contributed by atoms with Crippen molar-refractivity contribution in [2.45, 2.75) is 63.4 Å². The predicted molar refractivity (Wildman–Crippen MR) is 98.7 cm³/mol. The molecule has 0 aliphatic heterocycles. The Morgan fingerprint density at radius 3 is 1.93 bits per heavy atom. The van der Waals surface area contributed by atoms with Gasteiger partial charge in [-0.3, -0.25) is 14.4 Å². The maximum Gasteiger partial charge on any atom is 0.328 e. The first-order valence-corrected chi connectivity index (χ1v) is 8.93. The number of carboxylic acids is 1. The fourth-order valence-electron chi connectivity index (χ4n) is 2.17. The van der Waals surface area contributed by atoms with Crippen LogP contribution in [0.1, 0.15) is 33.1 Å². The largest absolute Gasteiger partial charge is 0.480 e. The van der Waals surface area contributed by atoms with Crippen molar-refractivity contribution in [3.8, 4) is 0 Å². The fourth-order valence-corrected chi connectivity index (χ4v) is 2.17. The Hall–Kier alpha value is -2.28. The van der Waals surface area contributed by atoms with Crippen molar-refractivity contribution in [3.63, 3.8) is 0 Å². The number of amides is 3. The number of nitrogens with two attached hydrogens (primary N) is 2. The molecule has 0 aliphatic rings. The zero-order chi connectivity index (χ0) is 21.9. The van der Waals surface area contributed by atoms with Gasteiger partial charge in [0.1, 0.15) is 18.1 Å². The molecule has 0 heterocycles. The van der Waals surface area contributed by atoms with E-state index in [1.807, 2.05) is 5.32 Å². The van der Waals surface area contributed by atoms with Crippen molar-refractivity contribution in [1.82, 2.24) is 16.0 Å². The number of unbranched alkanes of at least 4 members (excludes halogenated alkanes) is 1. The van der Waals surface area contributed by atoms with Crippen LogP contribution in [0.25, 0.3) is 0 Å².